The Morgan fingerprint density at radius 2 is 2.25 bits per heavy atom. The summed E-state index contributed by atoms with van der Waals surface area (Å²) in [5, 5.41) is 12.7. The molecule has 1 fully saturated rings. The van der Waals surface area contributed by atoms with Gasteiger partial charge in [-0.3, -0.25) is 0 Å². The van der Waals surface area contributed by atoms with Crippen molar-refractivity contribution in [1.29, 1.82) is 0 Å². The molecule has 68 valence electrons. The SMILES string of the molecule is C/C=C/C=C/[C@H]1C[C@@H](O)CCN1. The van der Waals surface area contributed by atoms with Crippen LogP contribution in [-0.2, 0) is 0 Å². The highest BCUT2D eigenvalue weighted by atomic mass is 16.3. The van der Waals surface area contributed by atoms with Gasteiger partial charge >= 0.3 is 0 Å². The summed E-state index contributed by atoms with van der Waals surface area (Å²) in [6.45, 7) is 2.92. The number of allylic oxidation sites excluding steroid dienone is 3. The van der Waals surface area contributed by atoms with Crippen LogP contribution in [0.4, 0.5) is 0 Å². The van der Waals surface area contributed by atoms with Gasteiger partial charge in [0.15, 0.2) is 0 Å². The van der Waals surface area contributed by atoms with Crippen LogP contribution in [0.1, 0.15) is 19.8 Å². The molecule has 1 aliphatic heterocycles. The quantitative estimate of drug-likeness (QED) is 0.606. The Bertz CT molecular complexity index is 175. The van der Waals surface area contributed by atoms with Crippen molar-refractivity contribution in [1.82, 2.24) is 5.32 Å². The van der Waals surface area contributed by atoms with Crippen LogP contribution in [0.2, 0.25) is 0 Å². The summed E-state index contributed by atoms with van der Waals surface area (Å²) in [4.78, 5) is 0. The fraction of sp³-hybridized carbons (Fsp3) is 0.600. The molecule has 0 aromatic carbocycles. The van der Waals surface area contributed by atoms with Gasteiger partial charge in [0.2, 0.25) is 0 Å². The van der Waals surface area contributed by atoms with Crippen molar-refractivity contribution in [3.05, 3.63) is 24.3 Å². The van der Waals surface area contributed by atoms with Crippen LogP contribution in [0.25, 0.3) is 0 Å². The molecule has 1 heterocycles. The first-order valence-electron chi connectivity index (χ1n) is 4.54. The van der Waals surface area contributed by atoms with Crippen molar-refractivity contribution < 1.29 is 5.11 Å². The van der Waals surface area contributed by atoms with Crippen molar-refractivity contribution in [2.75, 3.05) is 6.54 Å². The summed E-state index contributed by atoms with van der Waals surface area (Å²) in [5.41, 5.74) is 0. The molecular weight excluding hydrogens is 150 g/mol. The predicted octanol–water partition coefficient (Wildman–Crippen LogP) is 1.23. The number of rotatable bonds is 2. The topological polar surface area (TPSA) is 32.3 Å². The maximum absolute atomic E-state index is 9.34. The summed E-state index contributed by atoms with van der Waals surface area (Å²) in [6.07, 6.45) is 9.73. The van der Waals surface area contributed by atoms with E-state index in [1.807, 2.05) is 25.2 Å². The minimum absolute atomic E-state index is 0.119. The van der Waals surface area contributed by atoms with Gasteiger partial charge in [0.05, 0.1) is 6.10 Å². The van der Waals surface area contributed by atoms with Gasteiger partial charge in [-0.1, -0.05) is 24.3 Å². The van der Waals surface area contributed by atoms with Crippen LogP contribution in [0.3, 0.4) is 0 Å². The molecule has 1 rings (SSSR count). The van der Waals surface area contributed by atoms with Gasteiger partial charge in [-0.25, -0.2) is 0 Å². The fourth-order valence-electron chi connectivity index (χ4n) is 1.39. The molecule has 0 aromatic rings. The lowest BCUT2D eigenvalue weighted by atomic mass is 10.0. The molecule has 2 nitrogen and oxygen atoms in total. The number of hydrogen-bond acceptors (Lipinski definition) is 2. The molecule has 0 radical (unpaired) electrons. The summed E-state index contributed by atoms with van der Waals surface area (Å²) in [6, 6.07) is 0.352. The normalized spacial score (nSPS) is 31.8. The molecule has 12 heavy (non-hydrogen) atoms. The summed E-state index contributed by atoms with van der Waals surface area (Å²) >= 11 is 0. The van der Waals surface area contributed by atoms with Gasteiger partial charge in [-0.15, -0.1) is 0 Å². The second kappa shape index (κ2) is 5.12. The second-order valence-electron chi connectivity index (χ2n) is 3.15. The molecular formula is C10H17NO. The molecule has 0 spiro atoms. The van der Waals surface area contributed by atoms with Gasteiger partial charge in [0.25, 0.3) is 0 Å². The van der Waals surface area contributed by atoms with E-state index in [0.29, 0.717) is 6.04 Å². The van der Waals surface area contributed by atoms with E-state index in [9.17, 15) is 5.11 Å². The summed E-state index contributed by atoms with van der Waals surface area (Å²) < 4.78 is 0. The third-order valence-electron chi connectivity index (χ3n) is 2.06. The van der Waals surface area contributed by atoms with E-state index in [1.54, 1.807) is 0 Å². The Hall–Kier alpha value is -0.600. The van der Waals surface area contributed by atoms with Crippen molar-refractivity contribution in [2.45, 2.75) is 31.9 Å². The van der Waals surface area contributed by atoms with Gasteiger partial charge in [0.1, 0.15) is 0 Å². The molecule has 0 aromatic heterocycles. The van der Waals surface area contributed by atoms with Crippen molar-refractivity contribution in [2.24, 2.45) is 0 Å². The lowest BCUT2D eigenvalue weighted by Gasteiger charge is -2.24. The minimum Gasteiger partial charge on any atom is -0.393 e. The Balaban J connectivity index is 2.31. The van der Waals surface area contributed by atoms with Gasteiger partial charge in [-0.2, -0.15) is 0 Å². The second-order valence-corrected chi connectivity index (χ2v) is 3.15. The molecule has 0 aliphatic carbocycles. The van der Waals surface area contributed by atoms with E-state index in [-0.39, 0.29) is 6.10 Å². The highest BCUT2D eigenvalue weighted by Gasteiger charge is 2.16. The van der Waals surface area contributed by atoms with E-state index >= 15 is 0 Å². The number of hydrogen-bond donors (Lipinski definition) is 2. The average molecular weight is 167 g/mol. The van der Waals surface area contributed by atoms with Crippen molar-refractivity contribution >= 4 is 0 Å². The van der Waals surface area contributed by atoms with Crippen LogP contribution in [0, 0.1) is 0 Å². The lowest BCUT2D eigenvalue weighted by Crippen LogP contribution is -2.38. The molecule has 0 amide bonds. The molecule has 2 atom stereocenters. The number of aliphatic hydroxyl groups excluding tert-OH is 1. The Morgan fingerprint density at radius 1 is 1.42 bits per heavy atom. The van der Waals surface area contributed by atoms with E-state index in [0.717, 1.165) is 19.4 Å². The first kappa shape index (κ1) is 9.49. The zero-order valence-corrected chi connectivity index (χ0v) is 7.53. The number of piperidine rings is 1. The third-order valence-corrected chi connectivity index (χ3v) is 2.06. The summed E-state index contributed by atoms with van der Waals surface area (Å²) in [5.74, 6) is 0. The Kier molecular flexibility index (Phi) is 4.05. The predicted molar refractivity (Wildman–Crippen MR) is 51.0 cm³/mol. The number of nitrogens with one attached hydrogen (secondary N) is 1. The van der Waals surface area contributed by atoms with Gasteiger partial charge in [-0.05, 0) is 26.3 Å². The maximum Gasteiger partial charge on any atom is 0.0570 e. The molecule has 1 saturated heterocycles. The molecule has 2 heteroatoms. The molecule has 0 unspecified atom stereocenters. The Morgan fingerprint density at radius 3 is 2.92 bits per heavy atom. The molecule has 0 bridgehead atoms. The monoisotopic (exact) mass is 167 g/mol. The van der Waals surface area contributed by atoms with Gasteiger partial charge in [0, 0.05) is 6.04 Å². The summed E-state index contributed by atoms with van der Waals surface area (Å²) in [7, 11) is 0. The third kappa shape index (κ3) is 3.20. The average Bonchev–Trinajstić information content (AvgIpc) is 2.05. The number of aliphatic hydroxyl groups is 1. The molecule has 1 aliphatic rings. The first-order chi connectivity index (χ1) is 5.83. The smallest absolute Gasteiger partial charge is 0.0570 e. The highest BCUT2D eigenvalue weighted by molar-refractivity contribution is 5.06. The van der Waals surface area contributed by atoms with E-state index < -0.39 is 0 Å². The standard InChI is InChI=1S/C10H17NO/c1-2-3-4-5-9-8-10(12)6-7-11-9/h2-5,9-12H,6-8H2,1H3/b3-2+,5-4+/t9-,10-/m0/s1. The van der Waals surface area contributed by atoms with Crippen LogP contribution < -0.4 is 5.32 Å². The zero-order valence-electron chi connectivity index (χ0n) is 7.53. The van der Waals surface area contributed by atoms with Crippen molar-refractivity contribution in [3.8, 4) is 0 Å². The fourth-order valence-corrected chi connectivity index (χ4v) is 1.39. The highest BCUT2D eigenvalue weighted by Crippen LogP contribution is 2.08. The van der Waals surface area contributed by atoms with Crippen LogP contribution >= 0.6 is 0 Å². The van der Waals surface area contributed by atoms with Crippen LogP contribution in [0.5, 0.6) is 0 Å². The van der Waals surface area contributed by atoms with Crippen molar-refractivity contribution in [3.63, 3.8) is 0 Å². The molecule has 2 N–H and O–H groups in total. The minimum atomic E-state index is -0.119. The van der Waals surface area contributed by atoms with E-state index in [2.05, 4.69) is 11.4 Å². The largest absolute Gasteiger partial charge is 0.393 e. The van der Waals surface area contributed by atoms with Gasteiger partial charge < -0.3 is 10.4 Å². The van der Waals surface area contributed by atoms with Crippen LogP contribution in [-0.4, -0.2) is 23.8 Å². The molecule has 0 saturated carbocycles. The zero-order chi connectivity index (χ0) is 8.81. The van der Waals surface area contributed by atoms with Crippen LogP contribution in [0.15, 0.2) is 24.3 Å². The first-order valence-corrected chi connectivity index (χ1v) is 4.54. The maximum atomic E-state index is 9.34. The van der Waals surface area contributed by atoms with E-state index in [4.69, 9.17) is 0 Å². The lowest BCUT2D eigenvalue weighted by molar-refractivity contribution is 0.125. The van der Waals surface area contributed by atoms with E-state index in [1.165, 1.54) is 0 Å². The Labute approximate surface area is 74.0 Å².